The van der Waals surface area contributed by atoms with Crippen LogP contribution >= 0.6 is 0 Å². The van der Waals surface area contributed by atoms with Crippen molar-refractivity contribution in [2.75, 3.05) is 6.54 Å². The number of aromatic hydroxyl groups is 1. The molecular formula is C25H33N3O7. The van der Waals surface area contributed by atoms with Crippen LogP contribution in [-0.4, -0.2) is 58.2 Å². The van der Waals surface area contributed by atoms with Crippen molar-refractivity contribution < 1.29 is 34.1 Å². The summed E-state index contributed by atoms with van der Waals surface area (Å²) < 4.78 is 5.25. The van der Waals surface area contributed by atoms with Crippen LogP contribution in [0.5, 0.6) is 5.75 Å². The zero-order chi connectivity index (χ0) is 26.2. The summed E-state index contributed by atoms with van der Waals surface area (Å²) in [6.07, 6.45) is 6.27. The number of Topliss-reactive ketones (excluding diaryl/α,β-unsaturated/α-hetero) is 1. The second-order valence-electron chi connectivity index (χ2n) is 9.50. The fourth-order valence-corrected chi connectivity index (χ4v) is 3.76. The maximum Gasteiger partial charge on any atom is 0.408 e. The van der Waals surface area contributed by atoms with E-state index in [9.17, 15) is 24.3 Å². The number of nitrogens with two attached hydrogens (primary N) is 1. The number of phenolic OH excluding ortho intramolecular Hbond substituents is 1. The maximum atomic E-state index is 13.6. The minimum absolute atomic E-state index is 0.0916. The molecule has 1 aliphatic carbocycles. The molecule has 0 bridgehead atoms. The van der Waals surface area contributed by atoms with E-state index >= 15 is 0 Å². The van der Waals surface area contributed by atoms with E-state index < -0.39 is 47.6 Å². The molecule has 2 amide bonds. The molecule has 3 atom stereocenters. The molecule has 2 rings (SSSR count). The number of benzene rings is 1. The van der Waals surface area contributed by atoms with Gasteiger partial charge in [0.1, 0.15) is 23.9 Å². The molecular weight excluding hydrogens is 454 g/mol. The summed E-state index contributed by atoms with van der Waals surface area (Å²) in [5, 5.41) is 23.1. The summed E-state index contributed by atoms with van der Waals surface area (Å²) in [5.74, 6) is -2.26. The molecule has 1 unspecified atom stereocenters. The monoisotopic (exact) mass is 487 g/mol. The van der Waals surface area contributed by atoms with Gasteiger partial charge in [-0.05, 0) is 57.7 Å². The Morgan fingerprint density at radius 1 is 1.14 bits per heavy atom. The predicted molar refractivity (Wildman–Crippen MR) is 129 cm³/mol. The summed E-state index contributed by atoms with van der Waals surface area (Å²) in [6, 6.07) is 4.14. The fourth-order valence-electron chi connectivity index (χ4n) is 3.76. The Morgan fingerprint density at radius 3 is 2.34 bits per heavy atom. The van der Waals surface area contributed by atoms with Gasteiger partial charge in [0.25, 0.3) is 0 Å². The second kappa shape index (κ2) is 11.7. The van der Waals surface area contributed by atoms with Crippen LogP contribution in [0.15, 0.2) is 48.6 Å². The first-order valence-corrected chi connectivity index (χ1v) is 11.2. The number of alkyl carbamates (subject to hydrolysis) is 1. The highest BCUT2D eigenvalue weighted by molar-refractivity contribution is 5.94. The molecule has 0 saturated heterocycles. The summed E-state index contributed by atoms with van der Waals surface area (Å²) in [6.45, 7) is 4.33. The van der Waals surface area contributed by atoms with Crippen LogP contribution in [0.25, 0.3) is 0 Å². The van der Waals surface area contributed by atoms with E-state index in [1.54, 1.807) is 57.2 Å². The average molecular weight is 488 g/mol. The number of hydrogen-bond acceptors (Lipinski definition) is 7. The van der Waals surface area contributed by atoms with Crippen molar-refractivity contribution >= 4 is 23.8 Å². The van der Waals surface area contributed by atoms with E-state index in [1.807, 2.05) is 0 Å². The Labute approximate surface area is 204 Å². The van der Waals surface area contributed by atoms with Gasteiger partial charge >= 0.3 is 12.1 Å². The highest BCUT2D eigenvalue weighted by atomic mass is 16.6. The highest BCUT2D eigenvalue weighted by Crippen LogP contribution is 2.36. The van der Waals surface area contributed by atoms with Crippen molar-refractivity contribution in [3.63, 3.8) is 0 Å². The van der Waals surface area contributed by atoms with Crippen molar-refractivity contribution in [3.05, 3.63) is 54.1 Å². The molecule has 1 aromatic rings. The van der Waals surface area contributed by atoms with E-state index in [0.29, 0.717) is 0 Å². The Balaban J connectivity index is 2.29. The molecule has 0 heterocycles. The molecule has 1 aliphatic rings. The lowest BCUT2D eigenvalue weighted by atomic mass is 9.70. The third-order valence-corrected chi connectivity index (χ3v) is 5.35. The third kappa shape index (κ3) is 8.56. The number of hydrogen-bond donors (Lipinski definition) is 5. The number of allylic oxidation sites excluding steroid dienone is 4. The molecule has 10 heteroatoms. The first-order valence-electron chi connectivity index (χ1n) is 11.2. The number of nitrogens with one attached hydrogen (secondary N) is 2. The van der Waals surface area contributed by atoms with E-state index in [2.05, 4.69) is 10.6 Å². The summed E-state index contributed by atoms with van der Waals surface area (Å²) in [4.78, 5) is 49.8. The number of carbonyl (C=O) groups is 4. The minimum atomic E-state index is -1.26. The van der Waals surface area contributed by atoms with E-state index in [4.69, 9.17) is 15.6 Å². The molecule has 10 nitrogen and oxygen atoms in total. The van der Waals surface area contributed by atoms with Crippen LogP contribution < -0.4 is 16.4 Å². The Bertz CT molecular complexity index is 995. The summed E-state index contributed by atoms with van der Waals surface area (Å²) in [7, 11) is 0. The second-order valence-corrected chi connectivity index (χ2v) is 9.50. The molecule has 0 aliphatic heterocycles. The molecule has 0 saturated carbocycles. The molecule has 35 heavy (non-hydrogen) atoms. The number of carbonyl (C=O) groups excluding carboxylic acids is 3. The molecule has 0 fully saturated rings. The largest absolute Gasteiger partial charge is 0.508 e. The molecule has 1 aromatic carbocycles. The lowest BCUT2D eigenvalue weighted by Crippen LogP contribution is -2.54. The number of phenols is 1. The quantitative estimate of drug-likeness (QED) is 0.333. The van der Waals surface area contributed by atoms with Crippen LogP contribution in [0.1, 0.15) is 39.2 Å². The van der Waals surface area contributed by atoms with Crippen LogP contribution in [0.2, 0.25) is 0 Å². The van der Waals surface area contributed by atoms with Gasteiger partial charge in [0.15, 0.2) is 5.78 Å². The van der Waals surface area contributed by atoms with Crippen molar-refractivity contribution in [2.24, 2.45) is 11.1 Å². The normalized spacial score (nSPS) is 18.9. The molecule has 0 aromatic heterocycles. The smallest absolute Gasteiger partial charge is 0.408 e. The lowest BCUT2D eigenvalue weighted by molar-refractivity contribution is -0.138. The summed E-state index contributed by atoms with van der Waals surface area (Å²) >= 11 is 0. The number of carboxylic acid groups (broad SMARTS) is 1. The van der Waals surface area contributed by atoms with Crippen LogP contribution in [0.4, 0.5) is 4.79 Å². The van der Waals surface area contributed by atoms with Crippen molar-refractivity contribution in [1.82, 2.24) is 10.6 Å². The number of ether oxygens (including phenoxy) is 1. The van der Waals surface area contributed by atoms with Crippen molar-refractivity contribution in [3.8, 4) is 5.75 Å². The van der Waals surface area contributed by atoms with Gasteiger partial charge in [-0.3, -0.25) is 14.4 Å². The van der Waals surface area contributed by atoms with Crippen LogP contribution in [0, 0.1) is 5.41 Å². The van der Waals surface area contributed by atoms with Gasteiger partial charge < -0.3 is 31.3 Å². The Hall–Kier alpha value is -3.66. The minimum Gasteiger partial charge on any atom is -0.508 e. The van der Waals surface area contributed by atoms with E-state index in [1.165, 1.54) is 12.1 Å². The molecule has 0 spiro atoms. The third-order valence-electron chi connectivity index (χ3n) is 5.35. The van der Waals surface area contributed by atoms with E-state index in [0.717, 1.165) is 5.56 Å². The maximum absolute atomic E-state index is 13.6. The zero-order valence-electron chi connectivity index (χ0n) is 20.1. The highest BCUT2D eigenvalue weighted by Gasteiger charge is 2.42. The predicted octanol–water partition coefficient (Wildman–Crippen LogP) is 1.82. The Kier molecular flexibility index (Phi) is 9.18. The van der Waals surface area contributed by atoms with Gasteiger partial charge in [-0.15, -0.1) is 0 Å². The lowest BCUT2D eigenvalue weighted by Gasteiger charge is -2.35. The van der Waals surface area contributed by atoms with Gasteiger partial charge in [0, 0.05) is 0 Å². The first kappa shape index (κ1) is 27.6. The standard InChI is InChI=1S/C25H33N3O7/c1-24(2,3)35-23(34)28-19(22(33)27-15-20(30)31)14-25(11-5-4-6-12-25)21(32)18(26)13-16-7-9-17(29)10-8-16/h4-11,18-19,29H,12-15,26H2,1-3H3,(H,27,33)(H,28,34)(H,30,31)/t18-,19+,25?/m0/s1. The molecule has 0 radical (unpaired) electrons. The van der Waals surface area contributed by atoms with Gasteiger partial charge in [-0.1, -0.05) is 36.4 Å². The van der Waals surface area contributed by atoms with Crippen molar-refractivity contribution in [1.29, 1.82) is 0 Å². The SMILES string of the molecule is CC(C)(C)OC(=O)N[C@H](CC1(C(=O)[C@@H](N)Cc2ccc(O)cc2)C=CC=CC1)C(=O)NCC(=O)O. The zero-order valence-corrected chi connectivity index (χ0v) is 20.1. The fraction of sp³-hybridized carbons (Fsp3) is 0.440. The van der Waals surface area contributed by atoms with Gasteiger partial charge in [0.2, 0.25) is 5.91 Å². The molecule has 190 valence electrons. The van der Waals surface area contributed by atoms with Crippen LogP contribution in [-0.2, 0) is 25.5 Å². The first-order chi connectivity index (χ1) is 16.3. The molecule has 6 N–H and O–H groups in total. The Morgan fingerprint density at radius 2 is 1.80 bits per heavy atom. The number of aliphatic carboxylic acids is 1. The average Bonchev–Trinajstić information content (AvgIpc) is 2.77. The van der Waals surface area contributed by atoms with Gasteiger partial charge in [-0.25, -0.2) is 4.79 Å². The van der Waals surface area contributed by atoms with Gasteiger partial charge in [0.05, 0.1) is 11.5 Å². The topological polar surface area (TPSA) is 168 Å². The number of carboxylic acids is 1. The van der Waals surface area contributed by atoms with Crippen molar-refractivity contribution in [2.45, 2.75) is 57.7 Å². The number of amides is 2. The van der Waals surface area contributed by atoms with E-state index in [-0.39, 0.29) is 30.8 Å². The number of ketones is 1. The summed E-state index contributed by atoms with van der Waals surface area (Å²) in [5.41, 5.74) is 4.97. The van der Waals surface area contributed by atoms with Gasteiger partial charge in [-0.2, -0.15) is 0 Å². The number of rotatable bonds is 10. The van der Waals surface area contributed by atoms with Crippen LogP contribution in [0.3, 0.4) is 0 Å².